The first-order valence-corrected chi connectivity index (χ1v) is 14.8. The quantitative estimate of drug-likeness (QED) is 0.266. The topological polar surface area (TPSA) is 37.2 Å². The molecule has 0 spiro atoms. The number of anilines is 1. The molecule has 3 heterocycles. The number of benzene rings is 2. The molecule has 39 heavy (non-hydrogen) atoms. The lowest BCUT2D eigenvalue weighted by Crippen LogP contribution is -2.53. The van der Waals surface area contributed by atoms with Gasteiger partial charge < -0.3 is 9.47 Å². The average Bonchev–Trinajstić information content (AvgIpc) is 3.30. The first-order valence-electron chi connectivity index (χ1n) is 14.8. The fourth-order valence-corrected chi connectivity index (χ4v) is 5.23. The molecule has 0 saturated carbocycles. The predicted molar refractivity (Wildman–Crippen MR) is 170 cm³/mol. The van der Waals surface area contributed by atoms with Crippen LogP contribution in [0.1, 0.15) is 78.0 Å². The third-order valence-corrected chi connectivity index (χ3v) is 7.32. The summed E-state index contributed by atoms with van der Waals surface area (Å²) >= 11 is 0. The Kier molecular flexibility index (Phi) is 12.2. The van der Waals surface area contributed by atoms with Gasteiger partial charge in [0.1, 0.15) is 11.6 Å². The molecule has 0 unspecified atom stereocenters. The molecule has 0 N–H and O–H groups in total. The second kappa shape index (κ2) is 14.8. The molecule has 4 aromatic rings. The Morgan fingerprint density at radius 3 is 1.87 bits per heavy atom. The van der Waals surface area contributed by atoms with Crippen LogP contribution >= 0.6 is 0 Å². The highest BCUT2D eigenvalue weighted by Gasteiger charge is 2.34. The van der Waals surface area contributed by atoms with Gasteiger partial charge >= 0.3 is 0 Å². The van der Waals surface area contributed by atoms with Crippen LogP contribution < -0.4 is 4.90 Å². The van der Waals surface area contributed by atoms with Crippen LogP contribution in [-0.4, -0.2) is 45.6 Å². The maximum Gasteiger partial charge on any atom is 0.140 e. The van der Waals surface area contributed by atoms with Gasteiger partial charge in [-0.2, -0.15) is 0 Å². The lowest BCUT2D eigenvalue weighted by atomic mass is 9.90. The maximum atomic E-state index is 4.83. The van der Waals surface area contributed by atoms with Crippen LogP contribution in [0.2, 0.25) is 0 Å². The molecule has 5 nitrogen and oxygen atoms in total. The standard InChI is InChI=1S/C28H33N5.3C2H6/c1-20-21(2)33(23-11-7-6-8-12-23)19-25(20)28(4,5)32-17-15-31(16-18-32)27-24-13-9-10-14-26(24)29-22(3)30-27;3*1-2/h6-14,19H,15-18H2,1-5H3;3*1-2H3. The molecule has 5 heteroatoms. The molecule has 0 atom stereocenters. The molecular weight excluding hydrogens is 478 g/mol. The highest BCUT2D eigenvalue weighted by Crippen LogP contribution is 2.35. The van der Waals surface area contributed by atoms with Crippen molar-refractivity contribution in [2.24, 2.45) is 0 Å². The third-order valence-electron chi connectivity index (χ3n) is 7.32. The molecule has 0 aliphatic carbocycles. The minimum absolute atomic E-state index is 0.0510. The van der Waals surface area contributed by atoms with Gasteiger partial charge in [-0.25, -0.2) is 9.97 Å². The van der Waals surface area contributed by atoms with Gasteiger partial charge in [-0.3, -0.25) is 4.90 Å². The highest BCUT2D eigenvalue weighted by molar-refractivity contribution is 5.89. The second-order valence-corrected chi connectivity index (χ2v) is 9.60. The monoisotopic (exact) mass is 529 g/mol. The van der Waals surface area contributed by atoms with Gasteiger partial charge in [-0.15, -0.1) is 0 Å². The molecular formula is C34H51N5. The van der Waals surface area contributed by atoms with Crippen molar-refractivity contribution in [2.75, 3.05) is 31.1 Å². The molecule has 1 aliphatic rings. The van der Waals surface area contributed by atoms with Crippen molar-refractivity contribution in [3.63, 3.8) is 0 Å². The highest BCUT2D eigenvalue weighted by atomic mass is 15.3. The normalized spacial score (nSPS) is 13.5. The number of fused-ring (bicyclic) bond motifs is 1. The summed E-state index contributed by atoms with van der Waals surface area (Å²) in [5.41, 5.74) is 6.28. The van der Waals surface area contributed by atoms with E-state index in [0.29, 0.717) is 0 Å². The van der Waals surface area contributed by atoms with Crippen molar-refractivity contribution >= 4 is 16.7 Å². The molecule has 0 radical (unpaired) electrons. The Hall–Kier alpha value is -3.18. The van der Waals surface area contributed by atoms with Crippen molar-refractivity contribution in [1.29, 1.82) is 0 Å². The lowest BCUT2D eigenvalue weighted by Gasteiger charge is -2.44. The number of aryl methyl sites for hydroxylation is 1. The maximum absolute atomic E-state index is 4.83. The van der Waals surface area contributed by atoms with Gasteiger partial charge in [0.15, 0.2) is 0 Å². The fraction of sp³-hybridized carbons (Fsp3) is 0.471. The van der Waals surface area contributed by atoms with E-state index in [4.69, 9.17) is 4.98 Å². The zero-order valence-electron chi connectivity index (χ0n) is 26.3. The minimum atomic E-state index is -0.0510. The van der Waals surface area contributed by atoms with Gasteiger partial charge in [-0.05, 0) is 70.0 Å². The smallest absolute Gasteiger partial charge is 0.140 e. The number of nitrogens with zero attached hydrogens (tertiary/aromatic N) is 5. The molecule has 5 rings (SSSR count). The van der Waals surface area contributed by atoms with E-state index >= 15 is 0 Å². The summed E-state index contributed by atoms with van der Waals surface area (Å²) in [7, 11) is 0. The lowest BCUT2D eigenvalue weighted by molar-refractivity contribution is 0.110. The third kappa shape index (κ3) is 6.88. The van der Waals surface area contributed by atoms with E-state index in [9.17, 15) is 0 Å². The van der Waals surface area contributed by atoms with E-state index in [1.54, 1.807) is 0 Å². The number of hydrogen-bond acceptors (Lipinski definition) is 4. The Bertz CT molecular complexity index is 1280. The molecule has 0 amide bonds. The van der Waals surface area contributed by atoms with Crippen LogP contribution in [0.4, 0.5) is 5.82 Å². The van der Waals surface area contributed by atoms with Crippen LogP contribution in [-0.2, 0) is 5.54 Å². The summed E-state index contributed by atoms with van der Waals surface area (Å²) < 4.78 is 2.33. The van der Waals surface area contributed by atoms with Crippen LogP contribution in [0.5, 0.6) is 0 Å². The van der Waals surface area contributed by atoms with E-state index in [1.807, 2.05) is 54.5 Å². The van der Waals surface area contributed by atoms with Crippen molar-refractivity contribution in [3.8, 4) is 5.69 Å². The van der Waals surface area contributed by atoms with Crippen LogP contribution in [0.3, 0.4) is 0 Å². The number of hydrogen-bond donors (Lipinski definition) is 0. The molecule has 2 aromatic heterocycles. The van der Waals surface area contributed by atoms with Gasteiger partial charge in [0.2, 0.25) is 0 Å². The van der Waals surface area contributed by atoms with Crippen molar-refractivity contribution < 1.29 is 0 Å². The van der Waals surface area contributed by atoms with Gasteiger partial charge in [0.25, 0.3) is 0 Å². The fourth-order valence-electron chi connectivity index (χ4n) is 5.23. The van der Waals surface area contributed by atoms with E-state index in [-0.39, 0.29) is 5.54 Å². The summed E-state index contributed by atoms with van der Waals surface area (Å²) in [5, 5.41) is 1.14. The Labute approximate surface area is 237 Å². The average molecular weight is 530 g/mol. The number of aromatic nitrogens is 3. The van der Waals surface area contributed by atoms with E-state index < -0.39 is 0 Å². The Balaban J connectivity index is 0.000000833. The summed E-state index contributed by atoms with van der Waals surface area (Å²) in [6, 6.07) is 19.0. The van der Waals surface area contributed by atoms with Crippen LogP contribution in [0, 0.1) is 20.8 Å². The molecule has 212 valence electrons. The largest absolute Gasteiger partial charge is 0.353 e. The predicted octanol–water partition coefficient (Wildman–Crippen LogP) is 8.48. The van der Waals surface area contributed by atoms with Crippen LogP contribution in [0.15, 0.2) is 60.8 Å². The van der Waals surface area contributed by atoms with Crippen molar-refractivity contribution in [2.45, 2.75) is 81.7 Å². The zero-order valence-corrected chi connectivity index (χ0v) is 26.3. The van der Waals surface area contributed by atoms with E-state index in [1.165, 1.54) is 22.5 Å². The van der Waals surface area contributed by atoms with Gasteiger partial charge in [0.05, 0.1) is 5.52 Å². The van der Waals surface area contributed by atoms with Gasteiger partial charge in [0, 0.05) is 54.7 Å². The van der Waals surface area contributed by atoms with E-state index in [0.717, 1.165) is 48.7 Å². The van der Waals surface area contributed by atoms with Crippen molar-refractivity contribution in [3.05, 3.63) is 83.4 Å². The summed E-state index contributed by atoms with van der Waals surface area (Å²) in [5.74, 6) is 1.90. The number of piperazine rings is 1. The summed E-state index contributed by atoms with van der Waals surface area (Å²) in [6.45, 7) is 27.1. The first-order chi connectivity index (χ1) is 18.9. The minimum Gasteiger partial charge on any atom is -0.353 e. The second-order valence-electron chi connectivity index (χ2n) is 9.60. The summed E-state index contributed by atoms with van der Waals surface area (Å²) in [6.07, 6.45) is 2.34. The Morgan fingerprint density at radius 1 is 0.692 bits per heavy atom. The molecule has 1 aliphatic heterocycles. The van der Waals surface area contributed by atoms with E-state index in [2.05, 4.69) is 102 Å². The summed E-state index contributed by atoms with van der Waals surface area (Å²) in [4.78, 5) is 14.5. The molecule has 2 aromatic carbocycles. The van der Waals surface area contributed by atoms with Gasteiger partial charge in [-0.1, -0.05) is 71.9 Å². The van der Waals surface area contributed by atoms with Crippen molar-refractivity contribution in [1.82, 2.24) is 19.4 Å². The zero-order chi connectivity index (χ0) is 29.2. The first kappa shape index (κ1) is 32.0. The molecule has 1 saturated heterocycles. The molecule has 0 bridgehead atoms. The number of rotatable bonds is 4. The SMILES string of the molecule is CC.CC.CC.Cc1nc(N2CCN(C(C)(C)c3cn(-c4ccccc4)c(C)c3C)CC2)c2ccccc2n1. The van der Waals surface area contributed by atoms with Crippen LogP contribution in [0.25, 0.3) is 16.6 Å². The Morgan fingerprint density at radius 2 is 1.26 bits per heavy atom. The number of para-hydroxylation sites is 2. The molecule has 1 fully saturated rings.